The average molecular weight is 306 g/mol. The maximum absolute atomic E-state index is 12.4. The second-order valence-corrected chi connectivity index (χ2v) is 7.59. The first-order chi connectivity index (χ1) is 8.93. The second kappa shape index (κ2) is 7.35. The summed E-state index contributed by atoms with van der Waals surface area (Å²) in [5.41, 5.74) is 0. The molecule has 19 heavy (non-hydrogen) atoms. The van der Waals surface area contributed by atoms with Crippen molar-refractivity contribution in [2.45, 2.75) is 25.3 Å². The molecule has 1 N–H and O–H groups in total. The zero-order valence-electron chi connectivity index (χ0n) is 11.9. The van der Waals surface area contributed by atoms with Gasteiger partial charge in [-0.1, -0.05) is 6.92 Å². The average Bonchev–Trinajstić information content (AvgIpc) is 2.75. The van der Waals surface area contributed by atoms with Crippen LogP contribution < -0.4 is 5.32 Å². The molecule has 1 heterocycles. The number of nitrogens with one attached hydrogen (secondary N) is 1. The lowest BCUT2D eigenvalue weighted by Crippen LogP contribution is -2.30. The van der Waals surface area contributed by atoms with Crippen molar-refractivity contribution in [1.82, 2.24) is 9.62 Å². The minimum absolute atomic E-state index is 0.358. The van der Waals surface area contributed by atoms with Crippen LogP contribution in [-0.2, 0) is 21.3 Å². The third-order valence-electron chi connectivity index (χ3n) is 2.77. The fraction of sp³-hybridized carbons (Fsp3) is 0.667. The molecular weight excluding hydrogens is 284 g/mol. The maximum Gasteiger partial charge on any atom is 0.244 e. The zero-order chi connectivity index (χ0) is 14.5. The van der Waals surface area contributed by atoms with Crippen molar-refractivity contribution in [1.29, 1.82) is 0 Å². The summed E-state index contributed by atoms with van der Waals surface area (Å²) < 4.78 is 31.1. The third kappa shape index (κ3) is 4.25. The van der Waals surface area contributed by atoms with Crippen LogP contribution in [0.25, 0.3) is 0 Å². The van der Waals surface area contributed by atoms with Crippen LogP contribution >= 0.6 is 11.3 Å². The Morgan fingerprint density at radius 3 is 2.74 bits per heavy atom. The largest absolute Gasteiger partial charge is 0.383 e. The number of methoxy groups -OCH3 is 1. The van der Waals surface area contributed by atoms with Crippen LogP contribution in [-0.4, -0.2) is 46.6 Å². The summed E-state index contributed by atoms with van der Waals surface area (Å²) in [6.07, 6.45) is 0. The summed E-state index contributed by atoms with van der Waals surface area (Å²) in [6.45, 7) is 6.19. The number of aryl methyl sites for hydroxylation is 1. The van der Waals surface area contributed by atoms with Crippen LogP contribution in [0.2, 0.25) is 0 Å². The van der Waals surface area contributed by atoms with Crippen molar-refractivity contribution < 1.29 is 13.2 Å². The van der Waals surface area contributed by atoms with Crippen molar-refractivity contribution in [3.8, 4) is 0 Å². The number of likely N-dealkylation sites (N-methyl/N-ethyl adjacent to an activating group) is 1. The highest BCUT2D eigenvalue weighted by Crippen LogP contribution is 2.27. The second-order valence-electron chi connectivity index (χ2n) is 4.23. The zero-order valence-corrected chi connectivity index (χ0v) is 13.5. The van der Waals surface area contributed by atoms with Crippen molar-refractivity contribution >= 4 is 21.4 Å². The fourth-order valence-corrected chi connectivity index (χ4v) is 4.35. The van der Waals surface area contributed by atoms with Crippen LogP contribution in [0.15, 0.2) is 11.0 Å². The van der Waals surface area contributed by atoms with E-state index in [1.165, 1.54) is 15.6 Å². The van der Waals surface area contributed by atoms with E-state index in [0.717, 1.165) is 16.3 Å². The SMILES string of the molecule is CCNCc1cc(S(=O)(=O)N(C)CCOC)c(C)s1. The Labute approximate surface area is 119 Å². The Bertz CT molecular complexity index is 497. The number of hydrogen-bond acceptors (Lipinski definition) is 5. The smallest absolute Gasteiger partial charge is 0.244 e. The third-order valence-corrected chi connectivity index (χ3v) is 5.93. The summed E-state index contributed by atoms with van der Waals surface area (Å²) in [7, 11) is -0.271. The van der Waals surface area contributed by atoms with Crippen LogP contribution in [0, 0.1) is 6.92 Å². The molecule has 0 spiro atoms. The molecule has 0 aromatic carbocycles. The van der Waals surface area contributed by atoms with E-state index in [1.807, 2.05) is 13.8 Å². The Kier molecular flexibility index (Phi) is 6.41. The van der Waals surface area contributed by atoms with E-state index in [4.69, 9.17) is 4.74 Å². The summed E-state index contributed by atoms with van der Waals surface area (Å²) >= 11 is 1.52. The van der Waals surface area contributed by atoms with Crippen LogP contribution in [0.1, 0.15) is 16.7 Å². The lowest BCUT2D eigenvalue weighted by atomic mass is 10.4. The van der Waals surface area contributed by atoms with Gasteiger partial charge >= 0.3 is 0 Å². The summed E-state index contributed by atoms with van der Waals surface area (Å²) in [5.74, 6) is 0. The predicted octanol–water partition coefficient (Wildman–Crippen LogP) is 1.43. The van der Waals surface area contributed by atoms with Gasteiger partial charge < -0.3 is 10.1 Å². The molecule has 7 heteroatoms. The Balaban J connectivity index is 2.91. The first kappa shape index (κ1) is 16.6. The molecule has 0 fully saturated rings. The molecule has 0 radical (unpaired) electrons. The maximum atomic E-state index is 12.4. The molecule has 0 aliphatic rings. The highest BCUT2D eigenvalue weighted by Gasteiger charge is 2.24. The van der Waals surface area contributed by atoms with E-state index < -0.39 is 10.0 Å². The van der Waals surface area contributed by atoms with Crippen molar-refractivity contribution in [2.24, 2.45) is 0 Å². The molecule has 1 rings (SSSR count). The van der Waals surface area contributed by atoms with Gasteiger partial charge in [0.2, 0.25) is 10.0 Å². The van der Waals surface area contributed by atoms with Gasteiger partial charge in [-0.3, -0.25) is 0 Å². The number of sulfonamides is 1. The molecular formula is C12H22N2O3S2. The molecule has 0 aliphatic heterocycles. The van der Waals surface area contributed by atoms with Gasteiger partial charge in [0, 0.05) is 37.0 Å². The fourth-order valence-electron chi connectivity index (χ4n) is 1.62. The number of thiophene rings is 1. The molecule has 1 aromatic rings. The Morgan fingerprint density at radius 2 is 2.16 bits per heavy atom. The van der Waals surface area contributed by atoms with Crippen LogP contribution in [0.5, 0.6) is 0 Å². The Hall–Kier alpha value is -0.470. The number of rotatable bonds is 8. The van der Waals surface area contributed by atoms with Crippen molar-refractivity contribution in [2.75, 3.05) is 33.9 Å². The minimum Gasteiger partial charge on any atom is -0.383 e. The lowest BCUT2D eigenvalue weighted by molar-refractivity contribution is 0.185. The monoisotopic (exact) mass is 306 g/mol. The number of hydrogen-bond donors (Lipinski definition) is 1. The minimum atomic E-state index is -3.41. The van der Waals surface area contributed by atoms with E-state index >= 15 is 0 Å². The van der Waals surface area contributed by atoms with E-state index in [2.05, 4.69) is 5.32 Å². The van der Waals surface area contributed by atoms with Gasteiger partial charge in [0.1, 0.15) is 0 Å². The van der Waals surface area contributed by atoms with Crippen molar-refractivity contribution in [3.63, 3.8) is 0 Å². The highest BCUT2D eigenvalue weighted by atomic mass is 32.2. The van der Waals surface area contributed by atoms with E-state index in [1.54, 1.807) is 20.2 Å². The van der Waals surface area contributed by atoms with Crippen LogP contribution in [0.3, 0.4) is 0 Å². The molecule has 0 atom stereocenters. The predicted molar refractivity (Wildman–Crippen MR) is 78.1 cm³/mol. The molecule has 0 saturated heterocycles. The lowest BCUT2D eigenvalue weighted by Gasteiger charge is -2.16. The van der Waals surface area contributed by atoms with Gasteiger partial charge in [0.05, 0.1) is 11.5 Å². The first-order valence-electron chi connectivity index (χ1n) is 6.18. The number of ether oxygens (including phenoxy) is 1. The van der Waals surface area contributed by atoms with Crippen molar-refractivity contribution in [3.05, 3.63) is 15.8 Å². The first-order valence-corrected chi connectivity index (χ1v) is 8.44. The molecule has 0 bridgehead atoms. The van der Waals surface area contributed by atoms with E-state index in [-0.39, 0.29) is 0 Å². The summed E-state index contributed by atoms with van der Waals surface area (Å²) in [6, 6.07) is 1.77. The topological polar surface area (TPSA) is 58.6 Å². The Morgan fingerprint density at radius 1 is 1.47 bits per heavy atom. The molecule has 0 unspecified atom stereocenters. The molecule has 1 aromatic heterocycles. The number of nitrogens with zero attached hydrogens (tertiary/aromatic N) is 1. The van der Waals surface area contributed by atoms with Gasteiger partial charge in [-0.15, -0.1) is 11.3 Å². The molecule has 0 amide bonds. The van der Waals surface area contributed by atoms with E-state index in [9.17, 15) is 8.42 Å². The van der Waals surface area contributed by atoms with Gasteiger partial charge in [-0.05, 0) is 19.5 Å². The van der Waals surface area contributed by atoms with Gasteiger partial charge in [-0.2, -0.15) is 4.31 Å². The van der Waals surface area contributed by atoms with Gasteiger partial charge in [0.15, 0.2) is 0 Å². The standard InChI is InChI=1S/C12H22N2O3S2/c1-5-13-9-11-8-12(10(2)18-11)19(15,16)14(3)6-7-17-4/h8,13H,5-7,9H2,1-4H3. The van der Waals surface area contributed by atoms with Gasteiger partial charge in [0.25, 0.3) is 0 Å². The summed E-state index contributed by atoms with van der Waals surface area (Å²) in [5, 5.41) is 3.20. The molecule has 0 aliphatic carbocycles. The van der Waals surface area contributed by atoms with E-state index in [0.29, 0.717) is 24.6 Å². The highest BCUT2D eigenvalue weighted by molar-refractivity contribution is 7.89. The summed E-state index contributed by atoms with van der Waals surface area (Å²) in [4.78, 5) is 2.28. The normalized spacial score (nSPS) is 12.3. The molecule has 0 saturated carbocycles. The molecule has 5 nitrogen and oxygen atoms in total. The van der Waals surface area contributed by atoms with Gasteiger partial charge in [-0.25, -0.2) is 8.42 Å². The van der Waals surface area contributed by atoms with Crippen LogP contribution in [0.4, 0.5) is 0 Å². The quantitative estimate of drug-likeness (QED) is 0.789. The molecule has 110 valence electrons.